The van der Waals surface area contributed by atoms with Gasteiger partial charge in [0.25, 0.3) is 0 Å². The summed E-state index contributed by atoms with van der Waals surface area (Å²) in [5, 5.41) is 0.197. The first-order chi connectivity index (χ1) is 7.58. The average Bonchev–Trinajstić information content (AvgIpc) is 2.60. The molecule has 0 spiro atoms. The number of aromatic nitrogens is 2. The van der Waals surface area contributed by atoms with Crippen LogP contribution < -0.4 is 10.6 Å². The fraction of sp³-hybridized carbons (Fsp3) is 0.444. The predicted octanol–water partition coefficient (Wildman–Crippen LogP) is 0.532. The van der Waals surface area contributed by atoms with Crippen molar-refractivity contribution in [1.82, 2.24) is 9.97 Å². The quantitative estimate of drug-likeness (QED) is 0.824. The number of amides is 1. The highest BCUT2D eigenvalue weighted by atomic mass is 35.5. The summed E-state index contributed by atoms with van der Waals surface area (Å²) in [5.74, 6) is -0.196. The molecule has 1 aromatic rings. The van der Waals surface area contributed by atoms with Gasteiger partial charge in [-0.25, -0.2) is 9.37 Å². The third-order valence-corrected chi connectivity index (χ3v) is 2.65. The maximum atomic E-state index is 13.2. The van der Waals surface area contributed by atoms with Crippen molar-refractivity contribution in [2.45, 2.75) is 18.6 Å². The summed E-state index contributed by atoms with van der Waals surface area (Å²) in [6, 6.07) is -0.678. The Hall–Kier alpha value is -1.43. The molecular formula is C9H10ClFN4O. The summed E-state index contributed by atoms with van der Waals surface area (Å²) in [6.07, 6.45) is 1.80. The van der Waals surface area contributed by atoms with E-state index >= 15 is 0 Å². The van der Waals surface area contributed by atoms with Crippen molar-refractivity contribution in [1.29, 1.82) is 0 Å². The molecule has 0 radical (unpaired) electrons. The van der Waals surface area contributed by atoms with Crippen molar-refractivity contribution in [2.24, 2.45) is 5.73 Å². The molecule has 1 saturated heterocycles. The predicted molar refractivity (Wildman–Crippen MR) is 56.9 cm³/mol. The number of alkyl halides is 1. The lowest BCUT2D eigenvalue weighted by atomic mass is 10.2. The molecule has 0 saturated carbocycles. The number of hydrogen-bond acceptors (Lipinski definition) is 4. The Morgan fingerprint density at radius 1 is 1.62 bits per heavy atom. The fourth-order valence-electron chi connectivity index (χ4n) is 1.78. The zero-order valence-corrected chi connectivity index (χ0v) is 9.06. The number of carbonyl (C=O) groups is 1. The SMILES string of the molecule is NC(=O)C1CC(F)CN1c1cncc(Cl)n1. The van der Waals surface area contributed by atoms with Gasteiger partial charge in [0, 0.05) is 6.42 Å². The highest BCUT2D eigenvalue weighted by molar-refractivity contribution is 6.29. The number of anilines is 1. The molecule has 5 nitrogen and oxygen atoms in total. The maximum absolute atomic E-state index is 13.2. The van der Waals surface area contributed by atoms with Gasteiger partial charge in [-0.05, 0) is 0 Å². The second-order valence-corrected chi connectivity index (χ2v) is 3.99. The van der Waals surface area contributed by atoms with E-state index in [0.29, 0.717) is 5.82 Å². The molecule has 86 valence electrons. The minimum Gasteiger partial charge on any atom is -0.368 e. The fourth-order valence-corrected chi connectivity index (χ4v) is 1.92. The third-order valence-electron chi connectivity index (χ3n) is 2.47. The van der Waals surface area contributed by atoms with Gasteiger partial charge in [-0.1, -0.05) is 11.6 Å². The molecule has 2 N–H and O–H groups in total. The summed E-state index contributed by atoms with van der Waals surface area (Å²) in [4.78, 5) is 20.5. The average molecular weight is 245 g/mol. The highest BCUT2D eigenvalue weighted by Gasteiger charge is 2.36. The van der Waals surface area contributed by atoms with E-state index in [1.54, 1.807) is 0 Å². The molecule has 1 amide bonds. The van der Waals surface area contributed by atoms with Crippen LogP contribution in [0.5, 0.6) is 0 Å². The third kappa shape index (κ3) is 2.06. The summed E-state index contributed by atoms with van der Waals surface area (Å²) in [7, 11) is 0. The first-order valence-electron chi connectivity index (χ1n) is 4.75. The van der Waals surface area contributed by atoms with Gasteiger partial charge in [0.15, 0.2) is 0 Å². The molecule has 2 rings (SSSR count). The standard InChI is InChI=1S/C9H10ClFN4O/c10-7-2-13-3-8(14-7)15-4-5(11)1-6(15)9(12)16/h2-3,5-6H,1,4H2,(H2,12,16). The van der Waals surface area contributed by atoms with Crippen LogP contribution in [0.1, 0.15) is 6.42 Å². The van der Waals surface area contributed by atoms with Gasteiger partial charge in [0.1, 0.15) is 23.2 Å². The first-order valence-corrected chi connectivity index (χ1v) is 5.13. The van der Waals surface area contributed by atoms with Gasteiger partial charge in [-0.3, -0.25) is 9.78 Å². The molecule has 1 aromatic heterocycles. The normalized spacial score (nSPS) is 24.8. The van der Waals surface area contributed by atoms with E-state index in [1.807, 2.05) is 0 Å². The highest BCUT2D eigenvalue weighted by Crippen LogP contribution is 2.25. The zero-order chi connectivity index (χ0) is 11.7. The minimum atomic E-state index is -1.08. The smallest absolute Gasteiger partial charge is 0.240 e. The van der Waals surface area contributed by atoms with Gasteiger partial charge in [-0.2, -0.15) is 0 Å². The van der Waals surface area contributed by atoms with Crippen molar-refractivity contribution >= 4 is 23.3 Å². The molecule has 0 aromatic carbocycles. The Balaban J connectivity index is 2.28. The van der Waals surface area contributed by atoms with Gasteiger partial charge in [0.2, 0.25) is 5.91 Å². The summed E-state index contributed by atoms with van der Waals surface area (Å²) in [5.41, 5.74) is 5.20. The van der Waals surface area contributed by atoms with E-state index in [4.69, 9.17) is 17.3 Å². The Morgan fingerprint density at radius 2 is 2.38 bits per heavy atom. The Morgan fingerprint density at radius 3 is 3.00 bits per heavy atom. The van der Waals surface area contributed by atoms with Crippen LogP contribution in [-0.2, 0) is 4.79 Å². The number of nitrogens with zero attached hydrogens (tertiary/aromatic N) is 3. The van der Waals surface area contributed by atoms with Crippen LogP contribution in [0.4, 0.5) is 10.2 Å². The van der Waals surface area contributed by atoms with Crippen LogP contribution in [0.2, 0.25) is 5.15 Å². The number of nitrogens with two attached hydrogens (primary N) is 1. The molecule has 7 heteroatoms. The lowest BCUT2D eigenvalue weighted by Gasteiger charge is -2.22. The summed E-state index contributed by atoms with van der Waals surface area (Å²) >= 11 is 5.68. The molecule has 2 atom stereocenters. The molecule has 1 aliphatic heterocycles. The number of halogens is 2. The van der Waals surface area contributed by atoms with Gasteiger partial charge < -0.3 is 10.6 Å². The van der Waals surface area contributed by atoms with E-state index in [0.717, 1.165) is 0 Å². The van der Waals surface area contributed by atoms with Gasteiger partial charge in [0.05, 0.1) is 18.9 Å². The summed E-state index contributed by atoms with van der Waals surface area (Å²) in [6.45, 7) is 0.0859. The maximum Gasteiger partial charge on any atom is 0.240 e. The largest absolute Gasteiger partial charge is 0.368 e. The van der Waals surface area contributed by atoms with Crippen LogP contribution in [-0.4, -0.2) is 34.6 Å². The van der Waals surface area contributed by atoms with Crippen molar-refractivity contribution in [3.8, 4) is 0 Å². The first kappa shape index (κ1) is 11.1. The second-order valence-electron chi connectivity index (χ2n) is 3.60. The Kier molecular flexibility index (Phi) is 2.91. The van der Waals surface area contributed by atoms with Crippen molar-refractivity contribution in [3.05, 3.63) is 17.5 Å². The van der Waals surface area contributed by atoms with Crippen LogP contribution in [0, 0.1) is 0 Å². The molecular weight excluding hydrogens is 235 g/mol. The van der Waals surface area contributed by atoms with E-state index in [1.165, 1.54) is 17.3 Å². The Labute approximate surface area is 96.4 Å². The van der Waals surface area contributed by atoms with E-state index in [2.05, 4.69) is 9.97 Å². The monoisotopic (exact) mass is 244 g/mol. The van der Waals surface area contributed by atoms with E-state index in [9.17, 15) is 9.18 Å². The number of hydrogen-bond donors (Lipinski definition) is 1. The second kappa shape index (κ2) is 4.21. The number of carbonyl (C=O) groups excluding carboxylic acids is 1. The molecule has 2 unspecified atom stereocenters. The number of rotatable bonds is 2. The van der Waals surface area contributed by atoms with E-state index < -0.39 is 18.1 Å². The van der Waals surface area contributed by atoms with Crippen molar-refractivity contribution in [3.63, 3.8) is 0 Å². The van der Waals surface area contributed by atoms with Crippen LogP contribution in [0.15, 0.2) is 12.4 Å². The lowest BCUT2D eigenvalue weighted by Crippen LogP contribution is -2.40. The zero-order valence-electron chi connectivity index (χ0n) is 8.31. The van der Waals surface area contributed by atoms with Gasteiger partial charge in [-0.15, -0.1) is 0 Å². The minimum absolute atomic E-state index is 0.0859. The molecule has 0 bridgehead atoms. The molecule has 1 aliphatic rings. The summed E-state index contributed by atoms with van der Waals surface area (Å²) < 4.78 is 13.2. The van der Waals surface area contributed by atoms with Crippen LogP contribution >= 0.6 is 11.6 Å². The Bertz CT molecular complexity index is 416. The molecule has 0 aliphatic carbocycles. The van der Waals surface area contributed by atoms with Crippen LogP contribution in [0.3, 0.4) is 0 Å². The van der Waals surface area contributed by atoms with Crippen molar-refractivity contribution in [2.75, 3.05) is 11.4 Å². The lowest BCUT2D eigenvalue weighted by molar-refractivity contribution is -0.119. The van der Waals surface area contributed by atoms with Crippen LogP contribution in [0.25, 0.3) is 0 Å². The van der Waals surface area contributed by atoms with Gasteiger partial charge >= 0.3 is 0 Å². The number of primary amides is 1. The topological polar surface area (TPSA) is 72.1 Å². The van der Waals surface area contributed by atoms with E-state index in [-0.39, 0.29) is 18.1 Å². The molecule has 16 heavy (non-hydrogen) atoms. The molecule has 1 fully saturated rings. The van der Waals surface area contributed by atoms with Crippen molar-refractivity contribution < 1.29 is 9.18 Å². The molecule has 2 heterocycles.